The van der Waals surface area contributed by atoms with Gasteiger partial charge >= 0.3 is 29.6 Å². The van der Waals surface area contributed by atoms with Gasteiger partial charge in [0.05, 0.1) is 0 Å². The van der Waals surface area contributed by atoms with Crippen LogP contribution in [0.3, 0.4) is 0 Å². The molecule has 0 aliphatic heterocycles. The fourth-order valence-electron chi connectivity index (χ4n) is 2.46. The third kappa shape index (κ3) is 11.7. The second-order valence-corrected chi connectivity index (χ2v) is 5.42. The molecule has 19 heavy (non-hydrogen) atoms. The first-order valence-electron chi connectivity index (χ1n) is 7.97. The second-order valence-electron chi connectivity index (χ2n) is 5.42. The molecule has 104 valence electrons. The molecule has 0 heterocycles. The van der Waals surface area contributed by atoms with Crippen molar-refractivity contribution in [3.05, 3.63) is 35.9 Å². The maximum Gasteiger partial charge on any atom is 1.00 e. The van der Waals surface area contributed by atoms with E-state index in [9.17, 15) is 0 Å². The smallest absolute Gasteiger partial charge is 1.00 e. The molecular weight excluding hydrogens is 239 g/mol. The van der Waals surface area contributed by atoms with Gasteiger partial charge in [-0.1, -0.05) is 95.0 Å². The molecule has 0 amide bonds. The molecule has 0 fully saturated rings. The Labute approximate surface area is 144 Å². The molecule has 0 bridgehead atoms. The van der Waals surface area contributed by atoms with Crippen molar-refractivity contribution in [2.45, 2.75) is 77.6 Å². The molecular formula is C18H31Na. The van der Waals surface area contributed by atoms with Crippen molar-refractivity contribution in [1.29, 1.82) is 0 Å². The van der Waals surface area contributed by atoms with E-state index in [1.54, 1.807) is 0 Å². The zero-order valence-corrected chi connectivity index (χ0v) is 15.2. The van der Waals surface area contributed by atoms with Gasteiger partial charge in [-0.25, -0.2) is 0 Å². The zero-order valence-electron chi connectivity index (χ0n) is 14.2. The van der Waals surface area contributed by atoms with Crippen molar-refractivity contribution >= 4 is 0 Å². The largest absolute Gasteiger partial charge is 1.00 e. The number of benzene rings is 1. The van der Waals surface area contributed by atoms with E-state index in [1.807, 2.05) is 0 Å². The van der Waals surface area contributed by atoms with E-state index >= 15 is 0 Å². The Kier molecular flexibility index (Phi) is 14.8. The first-order valence-corrected chi connectivity index (χ1v) is 7.97. The van der Waals surface area contributed by atoms with Crippen molar-refractivity contribution in [3.63, 3.8) is 0 Å². The number of hydrogen-bond acceptors (Lipinski definition) is 0. The summed E-state index contributed by atoms with van der Waals surface area (Å²) >= 11 is 0. The quantitative estimate of drug-likeness (QED) is 0.428. The van der Waals surface area contributed by atoms with Crippen LogP contribution < -0.4 is 29.6 Å². The summed E-state index contributed by atoms with van der Waals surface area (Å²) in [6.07, 6.45) is 15.5. The van der Waals surface area contributed by atoms with Gasteiger partial charge in [-0.2, -0.15) is 0 Å². The van der Waals surface area contributed by atoms with Crippen LogP contribution in [-0.2, 0) is 6.42 Å². The van der Waals surface area contributed by atoms with Gasteiger partial charge in [0.2, 0.25) is 0 Å². The first-order chi connectivity index (χ1) is 8.93. The summed E-state index contributed by atoms with van der Waals surface area (Å²) in [5.41, 5.74) is 1.50. The average Bonchev–Trinajstić information content (AvgIpc) is 2.42. The summed E-state index contributed by atoms with van der Waals surface area (Å²) in [5, 5.41) is 0. The van der Waals surface area contributed by atoms with Gasteiger partial charge in [-0.05, 0) is 18.4 Å². The predicted octanol–water partition coefficient (Wildman–Crippen LogP) is 3.27. The van der Waals surface area contributed by atoms with Gasteiger partial charge in [-0.3, -0.25) is 0 Å². The number of aryl methyl sites for hydroxylation is 1. The molecule has 0 spiro atoms. The molecule has 0 saturated heterocycles. The predicted molar refractivity (Wildman–Crippen MR) is 83.1 cm³/mol. The van der Waals surface area contributed by atoms with Crippen LogP contribution in [0.4, 0.5) is 0 Å². The van der Waals surface area contributed by atoms with Gasteiger partial charge < -0.3 is 1.43 Å². The third-order valence-electron chi connectivity index (χ3n) is 3.66. The van der Waals surface area contributed by atoms with Crippen molar-refractivity contribution < 1.29 is 31.0 Å². The maximum atomic E-state index is 2.28. The minimum atomic E-state index is 0. The Bertz CT molecular complexity index is 274. The molecule has 0 N–H and O–H groups in total. The van der Waals surface area contributed by atoms with Gasteiger partial charge in [0.1, 0.15) is 0 Å². The Morgan fingerprint density at radius 3 is 1.68 bits per heavy atom. The van der Waals surface area contributed by atoms with Crippen molar-refractivity contribution in [3.8, 4) is 0 Å². The molecule has 1 aromatic rings. The van der Waals surface area contributed by atoms with Crippen LogP contribution in [0.25, 0.3) is 0 Å². The van der Waals surface area contributed by atoms with E-state index in [-0.39, 0.29) is 31.0 Å². The van der Waals surface area contributed by atoms with E-state index in [2.05, 4.69) is 37.3 Å². The van der Waals surface area contributed by atoms with E-state index in [4.69, 9.17) is 0 Å². The van der Waals surface area contributed by atoms with Crippen LogP contribution >= 0.6 is 0 Å². The van der Waals surface area contributed by atoms with E-state index in [0.717, 1.165) is 0 Å². The molecule has 0 atom stereocenters. The summed E-state index contributed by atoms with van der Waals surface area (Å²) in [6.45, 7) is 2.28. The zero-order chi connectivity index (χ0) is 12.9. The van der Waals surface area contributed by atoms with E-state index in [1.165, 1.54) is 76.2 Å². The van der Waals surface area contributed by atoms with Crippen LogP contribution in [0.1, 0.15) is 78.1 Å². The molecule has 0 nitrogen and oxygen atoms in total. The SMILES string of the molecule is CCCCCCCCCCCCc1ccccc1.[H-].[Na+]. The fourth-order valence-corrected chi connectivity index (χ4v) is 2.46. The van der Waals surface area contributed by atoms with E-state index < -0.39 is 0 Å². The molecule has 1 rings (SSSR count). The molecule has 0 radical (unpaired) electrons. The Hall–Kier alpha value is 0.220. The van der Waals surface area contributed by atoms with Gasteiger partial charge in [0.15, 0.2) is 0 Å². The average molecular weight is 270 g/mol. The topological polar surface area (TPSA) is 0 Å². The van der Waals surface area contributed by atoms with Crippen molar-refractivity contribution in [2.75, 3.05) is 0 Å². The molecule has 0 aromatic heterocycles. The second kappa shape index (κ2) is 14.6. The minimum Gasteiger partial charge on any atom is -1.00 e. The third-order valence-corrected chi connectivity index (χ3v) is 3.66. The summed E-state index contributed by atoms with van der Waals surface area (Å²) in [5.74, 6) is 0. The van der Waals surface area contributed by atoms with Crippen LogP contribution in [0.5, 0.6) is 0 Å². The van der Waals surface area contributed by atoms with Gasteiger partial charge in [-0.15, -0.1) is 0 Å². The first kappa shape index (κ1) is 19.2. The Morgan fingerprint density at radius 1 is 0.684 bits per heavy atom. The van der Waals surface area contributed by atoms with Gasteiger partial charge in [0.25, 0.3) is 0 Å². The van der Waals surface area contributed by atoms with Crippen LogP contribution in [-0.4, -0.2) is 0 Å². The summed E-state index contributed by atoms with van der Waals surface area (Å²) < 4.78 is 0. The number of hydrogen-bond donors (Lipinski definition) is 0. The number of rotatable bonds is 11. The normalized spacial score (nSPS) is 10.2. The molecule has 0 unspecified atom stereocenters. The molecule has 1 aromatic carbocycles. The standard InChI is InChI=1S/C18H30.Na.H/c1-2-3-4-5-6-7-8-9-10-12-15-18-16-13-11-14-17-18;;/h11,13-14,16-17H,2-10,12,15H2,1H3;;/q;+1;-1. The van der Waals surface area contributed by atoms with Crippen LogP contribution in [0, 0.1) is 0 Å². The maximum absolute atomic E-state index is 2.28. The molecule has 1 heteroatoms. The van der Waals surface area contributed by atoms with Crippen LogP contribution in [0.2, 0.25) is 0 Å². The van der Waals surface area contributed by atoms with Crippen molar-refractivity contribution in [1.82, 2.24) is 0 Å². The fraction of sp³-hybridized carbons (Fsp3) is 0.667. The molecule has 0 aliphatic carbocycles. The van der Waals surface area contributed by atoms with Crippen molar-refractivity contribution in [2.24, 2.45) is 0 Å². The monoisotopic (exact) mass is 270 g/mol. The summed E-state index contributed by atoms with van der Waals surface area (Å²) in [6, 6.07) is 10.9. The minimum absolute atomic E-state index is 0. The van der Waals surface area contributed by atoms with Gasteiger partial charge in [0, 0.05) is 0 Å². The molecule has 0 aliphatic rings. The number of unbranched alkanes of at least 4 members (excludes halogenated alkanes) is 9. The van der Waals surface area contributed by atoms with E-state index in [0.29, 0.717) is 0 Å². The summed E-state index contributed by atoms with van der Waals surface area (Å²) in [7, 11) is 0. The van der Waals surface area contributed by atoms with Crippen LogP contribution in [0.15, 0.2) is 30.3 Å². The summed E-state index contributed by atoms with van der Waals surface area (Å²) in [4.78, 5) is 0. The Balaban J connectivity index is 0. The molecule has 0 saturated carbocycles. The Morgan fingerprint density at radius 2 is 1.16 bits per heavy atom.